The number of carbonyl (C=O) groups is 1. The van der Waals surface area contributed by atoms with E-state index in [0.29, 0.717) is 60.7 Å². The highest BCUT2D eigenvalue weighted by atomic mass is 16.5. The summed E-state index contributed by atoms with van der Waals surface area (Å²) in [5.74, 6) is 0.726. The van der Waals surface area contributed by atoms with Gasteiger partial charge in [0.1, 0.15) is 11.6 Å². The number of oxazole rings is 1. The minimum absolute atomic E-state index is 0.307. The fourth-order valence-electron chi connectivity index (χ4n) is 4.42. The van der Waals surface area contributed by atoms with E-state index in [1.807, 2.05) is 30.3 Å². The molecule has 0 saturated carbocycles. The predicted molar refractivity (Wildman–Crippen MR) is 134 cm³/mol. The maximum Gasteiger partial charge on any atom is 0.300 e. The lowest BCUT2D eigenvalue weighted by Crippen LogP contribution is -2.44. The average molecular weight is 490 g/mol. The van der Waals surface area contributed by atoms with Crippen molar-refractivity contribution in [1.82, 2.24) is 30.0 Å². The normalized spacial score (nSPS) is 16.5. The van der Waals surface area contributed by atoms with Gasteiger partial charge in [-0.05, 0) is 12.1 Å². The van der Waals surface area contributed by atoms with Crippen LogP contribution in [0.5, 0.6) is 0 Å². The second-order valence-electron chi connectivity index (χ2n) is 8.78. The lowest BCUT2D eigenvalue weighted by molar-refractivity contribution is 0.102. The summed E-state index contributed by atoms with van der Waals surface area (Å²) in [7, 11) is 1.85. The van der Waals surface area contributed by atoms with Crippen molar-refractivity contribution in [3.05, 3.63) is 42.2 Å². The fraction of sp³-hybridized carbons (Fsp3) is 0.375. The zero-order valence-electron chi connectivity index (χ0n) is 20.0. The van der Waals surface area contributed by atoms with Gasteiger partial charge in [0.25, 0.3) is 11.9 Å². The highest BCUT2D eigenvalue weighted by Gasteiger charge is 2.25. The topological polar surface area (TPSA) is 126 Å². The number of nitrogens with zero attached hydrogens (tertiary/aromatic N) is 7. The molecule has 2 N–H and O–H groups in total. The summed E-state index contributed by atoms with van der Waals surface area (Å²) >= 11 is 0. The number of aryl methyl sites for hydroxylation is 1. The number of carbonyl (C=O) groups excluding carboxylic acids is 1. The van der Waals surface area contributed by atoms with E-state index in [1.165, 1.54) is 0 Å². The monoisotopic (exact) mass is 489 g/mol. The molecular weight excluding hydrogens is 462 g/mol. The molecule has 4 aromatic rings. The molecule has 0 spiro atoms. The van der Waals surface area contributed by atoms with Gasteiger partial charge in [-0.2, -0.15) is 10.1 Å². The molecule has 6 heterocycles. The van der Waals surface area contributed by atoms with Crippen molar-refractivity contribution >= 4 is 34.8 Å². The molecule has 12 heteroatoms. The first-order chi connectivity index (χ1) is 17.6. The van der Waals surface area contributed by atoms with E-state index in [2.05, 4.69) is 30.6 Å². The first kappa shape index (κ1) is 22.4. The molecule has 2 aliphatic rings. The van der Waals surface area contributed by atoms with Crippen molar-refractivity contribution in [2.75, 3.05) is 67.6 Å². The molecule has 4 aromatic heterocycles. The van der Waals surface area contributed by atoms with E-state index >= 15 is 0 Å². The highest BCUT2D eigenvalue weighted by Crippen LogP contribution is 2.28. The second kappa shape index (κ2) is 9.55. The molecule has 0 atom stereocenters. The summed E-state index contributed by atoms with van der Waals surface area (Å²) in [4.78, 5) is 31.7. The Labute approximate surface area is 207 Å². The molecule has 0 unspecified atom stereocenters. The number of piperazine rings is 1. The van der Waals surface area contributed by atoms with E-state index in [0.717, 1.165) is 37.4 Å². The van der Waals surface area contributed by atoms with Crippen LogP contribution in [0.25, 0.3) is 22.5 Å². The number of hydrogen-bond donors (Lipinski definition) is 2. The van der Waals surface area contributed by atoms with Gasteiger partial charge in [-0.3, -0.25) is 9.48 Å². The van der Waals surface area contributed by atoms with Crippen molar-refractivity contribution < 1.29 is 13.9 Å². The van der Waals surface area contributed by atoms with E-state index in [1.54, 1.807) is 23.0 Å². The molecule has 0 aliphatic carbocycles. The quantitative estimate of drug-likeness (QED) is 0.426. The number of nitrogens with one attached hydrogen (secondary N) is 2. The van der Waals surface area contributed by atoms with Gasteiger partial charge >= 0.3 is 0 Å². The Morgan fingerprint density at radius 2 is 1.89 bits per heavy atom. The molecule has 12 nitrogen and oxygen atoms in total. The van der Waals surface area contributed by atoms with Crippen LogP contribution in [0, 0.1) is 0 Å². The third-order valence-corrected chi connectivity index (χ3v) is 6.29. The Kier molecular flexibility index (Phi) is 5.95. The molecule has 6 rings (SSSR count). The van der Waals surface area contributed by atoms with Crippen LogP contribution in [0.2, 0.25) is 0 Å². The number of pyridine rings is 2. The number of aromatic nitrogens is 5. The van der Waals surface area contributed by atoms with E-state index in [4.69, 9.17) is 14.1 Å². The average Bonchev–Trinajstić information content (AvgIpc) is 3.55. The molecular formula is C24H27N9O3. The van der Waals surface area contributed by atoms with Crippen LogP contribution in [0.3, 0.4) is 0 Å². The summed E-state index contributed by atoms with van der Waals surface area (Å²) in [6, 6.07) is 7.73. The fourth-order valence-corrected chi connectivity index (χ4v) is 4.42. The largest absolute Gasteiger partial charge is 0.422 e. The third-order valence-electron chi connectivity index (χ3n) is 6.29. The maximum absolute atomic E-state index is 13.5. The van der Waals surface area contributed by atoms with Crippen molar-refractivity contribution in [3.63, 3.8) is 0 Å². The van der Waals surface area contributed by atoms with Gasteiger partial charge in [-0.15, -0.1) is 0 Å². The predicted octanol–water partition coefficient (Wildman–Crippen LogP) is 1.52. The molecule has 186 valence electrons. The molecule has 2 fully saturated rings. The second-order valence-corrected chi connectivity index (χ2v) is 8.78. The van der Waals surface area contributed by atoms with Crippen LogP contribution < -0.4 is 20.4 Å². The number of anilines is 3. The molecule has 36 heavy (non-hydrogen) atoms. The minimum Gasteiger partial charge on any atom is -0.422 e. The number of ether oxygens (including phenoxy) is 1. The van der Waals surface area contributed by atoms with Crippen LogP contribution in [-0.4, -0.2) is 83.1 Å². The summed E-state index contributed by atoms with van der Waals surface area (Å²) in [5, 5.41) is 10.5. The first-order valence-electron chi connectivity index (χ1n) is 12.0. The Balaban J connectivity index is 1.34. The highest BCUT2D eigenvalue weighted by molar-refractivity contribution is 6.08. The van der Waals surface area contributed by atoms with Crippen LogP contribution in [0.15, 0.2) is 41.1 Å². The van der Waals surface area contributed by atoms with Gasteiger partial charge in [-0.25, -0.2) is 9.97 Å². The van der Waals surface area contributed by atoms with Crippen molar-refractivity contribution in [2.24, 2.45) is 7.05 Å². The number of hydrogen-bond acceptors (Lipinski definition) is 10. The van der Waals surface area contributed by atoms with Crippen LogP contribution >= 0.6 is 0 Å². The molecule has 2 aliphatic heterocycles. The molecule has 0 radical (unpaired) electrons. The molecule has 0 bridgehead atoms. The summed E-state index contributed by atoms with van der Waals surface area (Å²) in [5.41, 5.74) is 2.97. The van der Waals surface area contributed by atoms with E-state index in [-0.39, 0.29) is 5.91 Å². The smallest absolute Gasteiger partial charge is 0.300 e. The van der Waals surface area contributed by atoms with Crippen molar-refractivity contribution in [2.45, 2.75) is 0 Å². The number of rotatable bonds is 5. The van der Waals surface area contributed by atoms with Gasteiger partial charge < -0.3 is 29.6 Å². The zero-order valence-corrected chi connectivity index (χ0v) is 20.0. The van der Waals surface area contributed by atoms with Crippen LogP contribution in [0.1, 0.15) is 10.4 Å². The molecule has 0 aromatic carbocycles. The SMILES string of the molecule is Cn1cc(-c2cccc(NC(=O)c3cc4oc(N5CCOCC5)nc4nc3N3CCNCC3)n2)cn1. The molecule has 2 saturated heterocycles. The summed E-state index contributed by atoms with van der Waals surface area (Å²) < 4.78 is 13.2. The number of fused-ring (bicyclic) bond motifs is 1. The summed E-state index contributed by atoms with van der Waals surface area (Å²) in [6.07, 6.45) is 3.62. The molecule has 1 amide bonds. The number of amides is 1. The van der Waals surface area contributed by atoms with Crippen LogP contribution in [-0.2, 0) is 11.8 Å². The zero-order chi connectivity index (χ0) is 24.5. The Morgan fingerprint density at radius 3 is 2.67 bits per heavy atom. The lowest BCUT2D eigenvalue weighted by Gasteiger charge is -2.29. The third kappa shape index (κ3) is 4.48. The van der Waals surface area contributed by atoms with Crippen molar-refractivity contribution in [1.29, 1.82) is 0 Å². The van der Waals surface area contributed by atoms with E-state index < -0.39 is 0 Å². The first-order valence-corrected chi connectivity index (χ1v) is 12.0. The van der Waals surface area contributed by atoms with Crippen LogP contribution in [0.4, 0.5) is 17.7 Å². The van der Waals surface area contributed by atoms with Gasteiger partial charge in [0.05, 0.1) is 30.7 Å². The van der Waals surface area contributed by atoms with Crippen molar-refractivity contribution in [3.8, 4) is 11.3 Å². The van der Waals surface area contributed by atoms with E-state index in [9.17, 15) is 4.79 Å². The maximum atomic E-state index is 13.5. The summed E-state index contributed by atoms with van der Waals surface area (Å²) in [6.45, 7) is 5.74. The van der Waals surface area contributed by atoms with Gasteiger partial charge in [-0.1, -0.05) is 6.07 Å². The van der Waals surface area contributed by atoms with Gasteiger partial charge in [0.2, 0.25) is 5.65 Å². The Morgan fingerprint density at radius 1 is 1.06 bits per heavy atom. The van der Waals surface area contributed by atoms with Gasteiger partial charge in [0, 0.05) is 64.1 Å². The minimum atomic E-state index is -0.307. The van der Waals surface area contributed by atoms with Gasteiger partial charge in [0.15, 0.2) is 5.58 Å². The Bertz CT molecular complexity index is 1390. The lowest BCUT2D eigenvalue weighted by atomic mass is 10.2. The Hall–Kier alpha value is -4.03. The standard InChI is InChI=1S/C24H27N9O3/c1-31-15-16(14-26-31)18-3-2-4-20(27-18)28-23(34)17-13-19-21(29-22(17)32-7-5-25-6-8-32)30-24(36-19)33-9-11-35-12-10-33/h2-4,13-15,25H,5-12H2,1H3,(H,27,28,34). The number of morpholine rings is 1.